The number of carbonyl (C=O) groups is 2. The molecule has 1 aromatic heterocycles. The Hall–Kier alpha value is -2.73. The van der Waals surface area contributed by atoms with E-state index < -0.39 is 0 Å². The Balaban J connectivity index is 1.42. The number of rotatable bonds is 6. The highest BCUT2D eigenvalue weighted by molar-refractivity contribution is 7.22. The number of hydrogen-bond donors (Lipinski definition) is 2. The number of carbonyl (C=O) groups excluding carboxylic acids is 2. The van der Waals surface area contributed by atoms with E-state index in [-0.39, 0.29) is 11.8 Å². The lowest BCUT2D eigenvalue weighted by molar-refractivity contribution is -0.116. The standard InChI is InChI=1S/C18H17N3O2S/c22-16(21-18-20-14-9-4-5-10-15(14)24-18)11-6-12-19-17(23)13-7-2-1-3-8-13/h1-5,7-10H,6,11-12H2,(H,19,23)(H,20,21,22). The van der Waals surface area contributed by atoms with Gasteiger partial charge in [-0.15, -0.1) is 0 Å². The fraction of sp³-hybridized carbons (Fsp3) is 0.167. The lowest BCUT2D eigenvalue weighted by atomic mass is 10.2. The monoisotopic (exact) mass is 339 g/mol. The van der Waals surface area contributed by atoms with Crippen molar-refractivity contribution >= 4 is 38.5 Å². The lowest BCUT2D eigenvalue weighted by Crippen LogP contribution is -2.25. The number of nitrogens with one attached hydrogen (secondary N) is 2. The van der Waals surface area contributed by atoms with E-state index in [0.717, 1.165) is 10.2 Å². The molecule has 2 N–H and O–H groups in total. The van der Waals surface area contributed by atoms with Gasteiger partial charge in [-0.2, -0.15) is 0 Å². The van der Waals surface area contributed by atoms with Crippen LogP contribution in [0.4, 0.5) is 5.13 Å². The molecule has 1 heterocycles. The second-order valence-corrected chi connectivity index (χ2v) is 6.29. The van der Waals surface area contributed by atoms with E-state index in [1.807, 2.05) is 42.5 Å². The van der Waals surface area contributed by atoms with Gasteiger partial charge in [0.15, 0.2) is 5.13 Å². The molecular formula is C18H17N3O2S. The van der Waals surface area contributed by atoms with Crippen LogP contribution in [0.3, 0.4) is 0 Å². The van der Waals surface area contributed by atoms with Gasteiger partial charge in [0.05, 0.1) is 10.2 Å². The number of amides is 2. The summed E-state index contributed by atoms with van der Waals surface area (Å²) in [7, 11) is 0. The molecule has 0 aliphatic heterocycles. The smallest absolute Gasteiger partial charge is 0.251 e. The van der Waals surface area contributed by atoms with Crippen molar-refractivity contribution in [2.75, 3.05) is 11.9 Å². The molecule has 0 atom stereocenters. The summed E-state index contributed by atoms with van der Waals surface area (Å²) in [6.07, 6.45) is 0.917. The maximum atomic E-state index is 11.9. The van der Waals surface area contributed by atoms with Gasteiger partial charge in [-0.3, -0.25) is 9.59 Å². The molecule has 0 saturated carbocycles. The molecule has 0 bridgehead atoms. The Morgan fingerprint density at radius 3 is 2.54 bits per heavy atom. The summed E-state index contributed by atoms with van der Waals surface area (Å²) in [5.41, 5.74) is 1.50. The number of benzene rings is 2. The van der Waals surface area contributed by atoms with Crippen LogP contribution < -0.4 is 10.6 Å². The Labute approximate surface area is 143 Å². The third-order valence-electron chi connectivity index (χ3n) is 3.44. The van der Waals surface area contributed by atoms with Crippen LogP contribution in [0.2, 0.25) is 0 Å². The molecule has 2 amide bonds. The summed E-state index contributed by atoms with van der Waals surface area (Å²) in [6, 6.07) is 16.8. The van der Waals surface area contributed by atoms with Crippen LogP contribution in [0.15, 0.2) is 54.6 Å². The summed E-state index contributed by atoms with van der Waals surface area (Å²) in [6.45, 7) is 0.459. The second-order valence-electron chi connectivity index (χ2n) is 5.26. The van der Waals surface area contributed by atoms with E-state index in [1.165, 1.54) is 11.3 Å². The van der Waals surface area contributed by atoms with Gasteiger partial charge >= 0.3 is 0 Å². The quantitative estimate of drug-likeness (QED) is 0.676. The van der Waals surface area contributed by atoms with E-state index >= 15 is 0 Å². The van der Waals surface area contributed by atoms with Crippen LogP contribution in [0.1, 0.15) is 23.2 Å². The normalized spacial score (nSPS) is 10.5. The molecule has 24 heavy (non-hydrogen) atoms. The molecule has 122 valence electrons. The Morgan fingerprint density at radius 2 is 1.75 bits per heavy atom. The zero-order valence-electron chi connectivity index (χ0n) is 13.0. The van der Waals surface area contributed by atoms with E-state index in [0.29, 0.717) is 30.1 Å². The Kier molecular flexibility index (Phi) is 5.18. The van der Waals surface area contributed by atoms with Crippen LogP contribution in [0.25, 0.3) is 10.2 Å². The minimum atomic E-state index is -0.123. The number of anilines is 1. The number of aromatic nitrogens is 1. The lowest BCUT2D eigenvalue weighted by Gasteiger charge is -2.05. The zero-order valence-corrected chi connectivity index (χ0v) is 13.8. The second kappa shape index (κ2) is 7.70. The largest absolute Gasteiger partial charge is 0.352 e. The van der Waals surface area contributed by atoms with Crippen LogP contribution in [0, 0.1) is 0 Å². The van der Waals surface area contributed by atoms with Crippen LogP contribution in [-0.2, 0) is 4.79 Å². The van der Waals surface area contributed by atoms with Crippen LogP contribution in [0.5, 0.6) is 0 Å². The van der Waals surface area contributed by atoms with Crippen molar-refractivity contribution in [3.8, 4) is 0 Å². The molecule has 6 heteroatoms. The molecule has 0 aliphatic carbocycles. The highest BCUT2D eigenvalue weighted by Gasteiger charge is 2.08. The Bertz CT molecular complexity index is 813. The third kappa shape index (κ3) is 4.17. The first kappa shape index (κ1) is 16.1. The first-order chi connectivity index (χ1) is 11.7. The summed E-state index contributed by atoms with van der Waals surface area (Å²) >= 11 is 1.45. The van der Waals surface area contributed by atoms with Crippen molar-refractivity contribution in [1.82, 2.24) is 10.3 Å². The van der Waals surface area contributed by atoms with Gasteiger partial charge in [-0.25, -0.2) is 4.98 Å². The third-order valence-corrected chi connectivity index (χ3v) is 4.39. The molecule has 2 aromatic carbocycles. The zero-order chi connectivity index (χ0) is 16.8. The van der Waals surface area contributed by atoms with Crippen molar-refractivity contribution < 1.29 is 9.59 Å². The molecule has 0 saturated heterocycles. The molecule has 0 radical (unpaired) electrons. The van der Waals surface area contributed by atoms with E-state index in [4.69, 9.17) is 0 Å². The van der Waals surface area contributed by atoms with Crippen molar-refractivity contribution in [2.24, 2.45) is 0 Å². The number of fused-ring (bicyclic) bond motifs is 1. The van der Waals surface area contributed by atoms with E-state index in [1.54, 1.807) is 12.1 Å². The van der Waals surface area contributed by atoms with Gasteiger partial charge in [0.1, 0.15) is 0 Å². The van der Waals surface area contributed by atoms with E-state index in [2.05, 4.69) is 15.6 Å². The van der Waals surface area contributed by atoms with Gasteiger partial charge in [-0.05, 0) is 30.7 Å². The minimum Gasteiger partial charge on any atom is -0.352 e. The molecule has 3 aromatic rings. The fourth-order valence-corrected chi connectivity index (χ4v) is 3.13. The average Bonchev–Trinajstić information content (AvgIpc) is 3.01. The van der Waals surface area contributed by atoms with Gasteiger partial charge in [0.2, 0.25) is 5.91 Å². The highest BCUT2D eigenvalue weighted by atomic mass is 32.1. The number of hydrogen-bond acceptors (Lipinski definition) is 4. The highest BCUT2D eigenvalue weighted by Crippen LogP contribution is 2.25. The molecule has 3 rings (SSSR count). The first-order valence-electron chi connectivity index (χ1n) is 7.71. The molecule has 0 spiro atoms. The topological polar surface area (TPSA) is 71.1 Å². The van der Waals surface area contributed by atoms with Gasteiger partial charge in [0, 0.05) is 18.5 Å². The SMILES string of the molecule is O=C(CCCNC(=O)c1ccccc1)Nc1nc2ccccc2s1. The Morgan fingerprint density at radius 1 is 1.00 bits per heavy atom. The number of para-hydroxylation sites is 1. The van der Waals surface area contributed by atoms with Crippen molar-refractivity contribution in [3.05, 3.63) is 60.2 Å². The molecule has 0 unspecified atom stereocenters. The van der Waals surface area contributed by atoms with Gasteiger partial charge < -0.3 is 10.6 Å². The molecule has 5 nitrogen and oxygen atoms in total. The van der Waals surface area contributed by atoms with Crippen molar-refractivity contribution in [1.29, 1.82) is 0 Å². The van der Waals surface area contributed by atoms with E-state index in [9.17, 15) is 9.59 Å². The van der Waals surface area contributed by atoms with Crippen LogP contribution in [-0.4, -0.2) is 23.3 Å². The van der Waals surface area contributed by atoms with Gasteiger partial charge in [0.25, 0.3) is 5.91 Å². The first-order valence-corrected chi connectivity index (χ1v) is 8.53. The summed E-state index contributed by atoms with van der Waals surface area (Å²) in [5.74, 6) is -0.217. The maximum Gasteiger partial charge on any atom is 0.251 e. The average molecular weight is 339 g/mol. The van der Waals surface area contributed by atoms with Gasteiger partial charge in [-0.1, -0.05) is 41.7 Å². The number of thiazole rings is 1. The summed E-state index contributed by atoms with van der Waals surface area (Å²) in [5, 5.41) is 6.22. The molecule has 0 fully saturated rings. The fourth-order valence-electron chi connectivity index (χ4n) is 2.25. The molecule has 0 aliphatic rings. The van der Waals surface area contributed by atoms with Crippen LogP contribution >= 0.6 is 11.3 Å². The number of nitrogens with zero attached hydrogens (tertiary/aromatic N) is 1. The maximum absolute atomic E-state index is 11.9. The predicted molar refractivity (Wildman–Crippen MR) is 96.3 cm³/mol. The summed E-state index contributed by atoms with van der Waals surface area (Å²) < 4.78 is 1.04. The predicted octanol–water partition coefficient (Wildman–Crippen LogP) is 3.45. The van der Waals surface area contributed by atoms with Crippen molar-refractivity contribution in [3.63, 3.8) is 0 Å². The van der Waals surface area contributed by atoms with Crippen molar-refractivity contribution in [2.45, 2.75) is 12.8 Å². The minimum absolute atomic E-state index is 0.0944. The molecular weight excluding hydrogens is 322 g/mol. The summed E-state index contributed by atoms with van der Waals surface area (Å²) in [4.78, 5) is 28.2.